The molecule has 7 heteroatoms. The highest BCUT2D eigenvalue weighted by Gasteiger charge is 2.29. The minimum Gasteiger partial charge on any atom is -0.475 e. The summed E-state index contributed by atoms with van der Waals surface area (Å²) in [6, 6.07) is 3.93. The smallest absolute Gasteiger partial charge is 0.410 e. The number of hydrogen-bond donors (Lipinski definition) is 1. The van der Waals surface area contributed by atoms with Crippen molar-refractivity contribution >= 4 is 11.8 Å². The van der Waals surface area contributed by atoms with Gasteiger partial charge in [-0.05, 0) is 33.3 Å². The van der Waals surface area contributed by atoms with E-state index in [0.29, 0.717) is 32.2 Å². The number of pyridine rings is 1. The van der Waals surface area contributed by atoms with Crippen molar-refractivity contribution in [3.8, 4) is 5.88 Å². The van der Waals surface area contributed by atoms with Crippen molar-refractivity contribution in [1.29, 1.82) is 0 Å². The van der Waals surface area contributed by atoms with Gasteiger partial charge in [0.05, 0.1) is 18.5 Å². The number of hydrogen-bond acceptors (Lipinski definition) is 6. The first-order valence-corrected chi connectivity index (χ1v) is 8.19. The molecule has 2 rings (SSSR count). The molecule has 1 atom stereocenters. The maximum absolute atomic E-state index is 12.1. The molecule has 1 N–H and O–H groups in total. The van der Waals surface area contributed by atoms with E-state index in [1.807, 2.05) is 32.9 Å². The van der Waals surface area contributed by atoms with Crippen LogP contribution in [0.4, 0.5) is 10.5 Å². The second-order valence-electron chi connectivity index (χ2n) is 6.78. The number of rotatable bonds is 6. The number of carbonyl (C=O) groups excluding carboxylic acids is 1. The van der Waals surface area contributed by atoms with Crippen molar-refractivity contribution < 1.29 is 19.0 Å². The normalized spacial score (nSPS) is 17.7. The average molecular weight is 337 g/mol. The molecule has 1 aromatic rings. The molecule has 0 spiro atoms. The fraction of sp³-hybridized carbons (Fsp3) is 0.647. The first kappa shape index (κ1) is 18.3. The number of anilines is 1. The van der Waals surface area contributed by atoms with Gasteiger partial charge < -0.3 is 24.4 Å². The van der Waals surface area contributed by atoms with Crippen LogP contribution in [0, 0.1) is 0 Å². The fourth-order valence-electron chi connectivity index (χ4n) is 2.39. The summed E-state index contributed by atoms with van der Waals surface area (Å²) in [5.41, 5.74) is 0.440. The van der Waals surface area contributed by atoms with Gasteiger partial charge in [0.2, 0.25) is 5.88 Å². The summed E-state index contributed by atoms with van der Waals surface area (Å²) >= 11 is 0. The molecule has 24 heavy (non-hydrogen) atoms. The molecule has 1 aromatic heterocycles. The average Bonchev–Trinajstić information content (AvgIpc) is 2.96. The van der Waals surface area contributed by atoms with Gasteiger partial charge in [-0.2, -0.15) is 0 Å². The number of methoxy groups -OCH3 is 1. The summed E-state index contributed by atoms with van der Waals surface area (Å²) in [7, 11) is 1.63. The lowest BCUT2D eigenvalue weighted by atomic mass is 10.2. The second-order valence-corrected chi connectivity index (χ2v) is 6.78. The molecule has 1 unspecified atom stereocenters. The largest absolute Gasteiger partial charge is 0.475 e. The third-order valence-electron chi connectivity index (χ3n) is 3.48. The van der Waals surface area contributed by atoms with Gasteiger partial charge in [-0.25, -0.2) is 9.78 Å². The predicted octanol–water partition coefficient (Wildman–Crippen LogP) is 2.53. The molecule has 134 valence electrons. The Morgan fingerprint density at radius 2 is 2.17 bits per heavy atom. The zero-order valence-corrected chi connectivity index (χ0v) is 14.9. The third kappa shape index (κ3) is 5.88. The van der Waals surface area contributed by atoms with E-state index < -0.39 is 5.60 Å². The minimum atomic E-state index is -0.467. The number of nitrogens with zero attached hydrogens (tertiary/aromatic N) is 2. The maximum atomic E-state index is 12.1. The molecule has 0 aliphatic carbocycles. The monoisotopic (exact) mass is 337 g/mol. The van der Waals surface area contributed by atoms with Crippen molar-refractivity contribution in [3.63, 3.8) is 0 Å². The summed E-state index contributed by atoms with van der Waals surface area (Å²) in [4.78, 5) is 18.0. The van der Waals surface area contributed by atoms with Gasteiger partial charge in [0, 0.05) is 32.3 Å². The molecule has 0 aromatic carbocycles. The first-order valence-electron chi connectivity index (χ1n) is 8.19. The fourth-order valence-corrected chi connectivity index (χ4v) is 2.39. The van der Waals surface area contributed by atoms with E-state index in [9.17, 15) is 4.79 Å². The molecule has 1 fully saturated rings. The molecule has 2 heterocycles. The van der Waals surface area contributed by atoms with Gasteiger partial charge in [0.1, 0.15) is 12.2 Å². The third-order valence-corrected chi connectivity index (χ3v) is 3.48. The predicted molar refractivity (Wildman–Crippen MR) is 91.4 cm³/mol. The SMILES string of the molecule is COCCOc1ccc(NC2CCN(C(=O)OC(C)(C)C)C2)cn1. The molecule has 0 radical (unpaired) electrons. The van der Waals surface area contributed by atoms with Crippen molar-refractivity contribution in [3.05, 3.63) is 18.3 Å². The zero-order valence-electron chi connectivity index (χ0n) is 14.9. The molecule has 1 aliphatic heterocycles. The van der Waals surface area contributed by atoms with E-state index in [2.05, 4.69) is 10.3 Å². The maximum Gasteiger partial charge on any atom is 0.410 e. The van der Waals surface area contributed by atoms with Crippen LogP contribution < -0.4 is 10.1 Å². The Kier molecular flexibility index (Phi) is 6.25. The Balaban J connectivity index is 1.79. The van der Waals surface area contributed by atoms with Gasteiger partial charge in [0.25, 0.3) is 0 Å². The van der Waals surface area contributed by atoms with Crippen LogP contribution in [0.1, 0.15) is 27.2 Å². The van der Waals surface area contributed by atoms with Crippen LogP contribution in [0.3, 0.4) is 0 Å². The Morgan fingerprint density at radius 1 is 1.38 bits per heavy atom. The highest BCUT2D eigenvalue weighted by atomic mass is 16.6. The van der Waals surface area contributed by atoms with E-state index >= 15 is 0 Å². The topological polar surface area (TPSA) is 72.9 Å². The molecule has 1 aliphatic rings. The van der Waals surface area contributed by atoms with Gasteiger partial charge in [0.15, 0.2) is 0 Å². The van der Waals surface area contributed by atoms with Gasteiger partial charge in [-0.1, -0.05) is 0 Å². The Labute approximate surface area is 143 Å². The lowest BCUT2D eigenvalue weighted by molar-refractivity contribution is 0.0293. The van der Waals surface area contributed by atoms with Crippen LogP contribution in [0.25, 0.3) is 0 Å². The zero-order chi connectivity index (χ0) is 17.6. The van der Waals surface area contributed by atoms with E-state index in [1.165, 1.54) is 0 Å². The van der Waals surface area contributed by atoms with Crippen LogP contribution >= 0.6 is 0 Å². The van der Waals surface area contributed by atoms with Crippen molar-refractivity contribution in [2.45, 2.75) is 38.8 Å². The van der Waals surface area contributed by atoms with E-state index in [0.717, 1.165) is 12.1 Å². The number of nitrogens with one attached hydrogen (secondary N) is 1. The number of aromatic nitrogens is 1. The van der Waals surface area contributed by atoms with Crippen LogP contribution in [0.15, 0.2) is 18.3 Å². The van der Waals surface area contributed by atoms with Gasteiger partial charge >= 0.3 is 6.09 Å². The summed E-state index contributed by atoms with van der Waals surface area (Å²) in [5, 5.41) is 3.39. The number of carbonyl (C=O) groups is 1. The Hall–Kier alpha value is -2.02. The number of amides is 1. The molecule has 1 saturated heterocycles. The highest BCUT2D eigenvalue weighted by molar-refractivity contribution is 5.68. The lowest BCUT2D eigenvalue weighted by Crippen LogP contribution is -2.36. The first-order chi connectivity index (χ1) is 11.4. The second kappa shape index (κ2) is 8.19. The Morgan fingerprint density at radius 3 is 2.79 bits per heavy atom. The van der Waals surface area contributed by atoms with Gasteiger partial charge in [-0.15, -0.1) is 0 Å². The van der Waals surface area contributed by atoms with Crippen LogP contribution in [-0.2, 0) is 9.47 Å². The quantitative estimate of drug-likeness (QED) is 0.804. The van der Waals surface area contributed by atoms with E-state index in [4.69, 9.17) is 14.2 Å². The molecule has 0 saturated carbocycles. The van der Waals surface area contributed by atoms with Crippen molar-refractivity contribution in [2.24, 2.45) is 0 Å². The highest BCUT2D eigenvalue weighted by Crippen LogP contribution is 2.19. The Bertz CT molecular complexity index is 528. The molecule has 7 nitrogen and oxygen atoms in total. The van der Waals surface area contributed by atoms with Crippen molar-refractivity contribution in [1.82, 2.24) is 9.88 Å². The molecule has 0 bridgehead atoms. The van der Waals surface area contributed by atoms with Crippen LogP contribution in [0.5, 0.6) is 5.88 Å². The molecule has 1 amide bonds. The van der Waals surface area contributed by atoms with E-state index in [-0.39, 0.29) is 12.1 Å². The van der Waals surface area contributed by atoms with Crippen LogP contribution in [0.2, 0.25) is 0 Å². The van der Waals surface area contributed by atoms with Gasteiger partial charge in [-0.3, -0.25) is 0 Å². The summed E-state index contributed by atoms with van der Waals surface area (Å²) in [6.45, 7) is 7.95. The summed E-state index contributed by atoms with van der Waals surface area (Å²) < 4.78 is 15.8. The minimum absolute atomic E-state index is 0.194. The van der Waals surface area contributed by atoms with Crippen molar-refractivity contribution in [2.75, 3.05) is 38.7 Å². The number of ether oxygens (including phenoxy) is 3. The molecular weight excluding hydrogens is 310 g/mol. The van der Waals surface area contributed by atoms with E-state index in [1.54, 1.807) is 18.2 Å². The summed E-state index contributed by atoms with van der Waals surface area (Å²) in [5.74, 6) is 0.569. The standard InChI is InChI=1S/C17H27N3O4/c1-17(2,3)24-16(21)20-8-7-14(12-20)19-13-5-6-15(18-11-13)23-10-9-22-4/h5-6,11,14,19H,7-10,12H2,1-4H3. The number of likely N-dealkylation sites (tertiary alicyclic amines) is 1. The lowest BCUT2D eigenvalue weighted by Gasteiger charge is -2.24. The molecular formula is C17H27N3O4. The summed E-state index contributed by atoms with van der Waals surface area (Å²) in [6.07, 6.45) is 2.36. The van der Waals surface area contributed by atoms with Crippen LogP contribution in [-0.4, -0.2) is 61.0 Å².